The molecule has 1 heterocycles. The van der Waals surface area contributed by atoms with Gasteiger partial charge in [0.1, 0.15) is 6.33 Å². The number of aryl methyl sites for hydroxylation is 2. The molecule has 0 aliphatic carbocycles. The highest BCUT2D eigenvalue weighted by Crippen LogP contribution is 2.24. The maximum Gasteiger partial charge on any atom is 0.185 e. The Bertz CT molecular complexity index is 524. The number of aromatic nitrogens is 3. The summed E-state index contributed by atoms with van der Waals surface area (Å²) in [4.78, 5) is 4.25. The highest BCUT2D eigenvalue weighted by Gasteiger charge is 2.14. The fraction of sp³-hybridized carbons (Fsp3) is 0.429. The molecule has 1 N–H and O–H groups in total. The van der Waals surface area contributed by atoms with Crippen LogP contribution >= 0.6 is 11.8 Å². The second kappa shape index (κ2) is 6.73. The molecule has 2 rings (SSSR count). The Balaban J connectivity index is 2.09. The van der Waals surface area contributed by atoms with Gasteiger partial charge < -0.3 is 5.32 Å². The van der Waals surface area contributed by atoms with Crippen molar-refractivity contribution in [3.8, 4) is 0 Å². The number of rotatable bonds is 6. The molecule has 1 atom stereocenters. The second-order valence-electron chi connectivity index (χ2n) is 4.44. The summed E-state index contributed by atoms with van der Waals surface area (Å²) in [7, 11) is 1.92. The van der Waals surface area contributed by atoms with Crippen LogP contribution in [-0.4, -0.2) is 27.1 Å². The third-order valence-electron chi connectivity index (χ3n) is 3.06. The smallest absolute Gasteiger partial charge is 0.185 e. The average molecular weight is 276 g/mol. The summed E-state index contributed by atoms with van der Waals surface area (Å²) < 4.78 is 1.81. The van der Waals surface area contributed by atoms with Crippen LogP contribution in [0.1, 0.15) is 24.1 Å². The van der Waals surface area contributed by atoms with E-state index in [1.165, 1.54) is 11.1 Å². The number of hydrogen-bond donors (Lipinski definition) is 1. The van der Waals surface area contributed by atoms with Crippen molar-refractivity contribution in [1.82, 2.24) is 20.1 Å². The van der Waals surface area contributed by atoms with Gasteiger partial charge in [-0.05, 0) is 24.6 Å². The largest absolute Gasteiger partial charge is 0.309 e. The lowest BCUT2D eigenvalue weighted by atomic mass is 10.0. The van der Waals surface area contributed by atoms with Crippen molar-refractivity contribution in [3.05, 3.63) is 41.7 Å². The molecular weight excluding hydrogens is 256 g/mol. The topological polar surface area (TPSA) is 42.7 Å². The van der Waals surface area contributed by atoms with Gasteiger partial charge in [0.25, 0.3) is 0 Å². The monoisotopic (exact) mass is 276 g/mol. The summed E-state index contributed by atoms with van der Waals surface area (Å²) in [6.07, 6.45) is 1.60. The summed E-state index contributed by atoms with van der Waals surface area (Å²) in [5, 5.41) is 8.59. The van der Waals surface area contributed by atoms with Crippen LogP contribution in [-0.2, 0) is 7.05 Å². The molecule has 1 aromatic heterocycles. The van der Waals surface area contributed by atoms with Gasteiger partial charge in [-0.1, -0.05) is 43.0 Å². The van der Waals surface area contributed by atoms with Crippen LogP contribution in [0.15, 0.2) is 35.7 Å². The Labute approximate surface area is 118 Å². The van der Waals surface area contributed by atoms with Crippen LogP contribution in [0.3, 0.4) is 0 Å². The minimum Gasteiger partial charge on any atom is -0.309 e. The van der Waals surface area contributed by atoms with Gasteiger partial charge in [-0.2, -0.15) is 5.10 Å². The number of benzene rings is 1. The van der Waals surface area contributed by atoms with Crippen molar-refractivity contribution in [2.45, 2.75) is 25.0 Å². The Morgan fingerprint density at radius 3 is 2.79 bits per heavy atom. The van der Waals surface area contributed by atoms with Gasteiger partial charge in [-0.15, -0.1) is 0 Å². The first-order valence-electron chi connectivity index (χ1n) is 6.48. The average Bonchev–Trinajstić information content (AvgIpc) is 2.81. The van der Waals surface area contributed by atoms with Gasteiger partial charge >= 0.3 is 0 Å². The van der Waals surface area contributed by atoms with Gasteiger partial charge in [0.2, 0.25) is 0 Å². The molecule has 0 bridgehead atoms. The Morgan fingerprint density at radius 1 is 1.37 bits per heavy atom. The van der Waals surface area contributed by atoms with Crippen molar-refractivity contribution in [3.63, 3.8) is 0 Å². The van der Waals surface area contributed by atoms with Gasteiger partial charge in [0.15, 0.2) is 5.16 Å². The molecule has 0 aliphatic rings. The van der Waals surface area contributed by atoms with Crippen LogP contribution in [0.5, 0.6) is 0 Å². The first-order valence-corrected chi connectivity index (χ1v) is 7.46. The van der Waals surface area contributed by atoms with E-state index >= 15 is 0 Å². The molecule has 0 spiro atoms. The highest BCUT2D eigenvalue weighted by atomic mass is 32.2. The Hall–Kier alpha value is -1.33. The quantitative estimate of drug-likeness (QED) is 0.824. The summed E-state index contributed by atoms with van der Waals surface area (Å²) in [5.74, 6) is 0.950. The Kier molecular flexibility index (Phi) is 4.99. The molecular formula is C14H20N4S. The summed E-state index contributed by atoms with van der Waals surface area (Å²) >= 11 is 1.73. The minimum absolute atomic E-state index is 0.341. The molecule has 4 nitrogen and oxygen atoms in total. The fourth-order valence-electron chi connectivity index (χ4n) is 2.06. The predicted molar refractivity (Wildman–Crippen MR) is 79.3 cm³/mol. The van der Waals surface area contributed by atoms with E-state index in [1.54, 1.807) is 18.1 Å². The second-order valence-corrected chi connectivity index (χ2v) is 5.43. The normalized spacial score (nSPS) is 12.6. The SMILES string of the molecule is CCNC(CSc1ncnn1C)c1ccccc1C. The molecule has 19 heavy (non-hydrogen) atoms. The van der Waals surface area contributed by atoms with Crippen LogP contribution in [0.25, 0.3) is 0 Å². The van der Waals surface area contributed by atoms with Crippen molar-refractivity contribution in [2.24, 2.45) is 7.05 Å². The molecule has 0 aliphatic heterocycles. The van der Waals surface area contributed by atoms with E-state index < -0.39 is 0 Å². The van der Waals surface area contributed by atoms with Crippen molar-refractivity contribution >= 4 is 11.8 Å². The highest BCUT2D eigenvalue weighted by molar-refractivity contribution is 7.99. The fourth-order valence-corrected chi connectivity index (χ4v) is 3.03. The summed E-state index contributed by atoms with van der Waals surface area (Å²) in [6, 6.07) is 8.87. The standard InChI is InChI=1S/C14H20N4S/c1-4-15-13(12-8-6-5-7-11(12)2)9-19-14-16-10-17-18(14)3/h5-8,10,13,15H,4,9H2,1-3H3. The molecule has 2 aromatic rings. The van der Waals surface area contributed by atoms with Crippen molar-refractivity contribution in [2.75, 3.05) is 12.3 Å². The molecule has 0 radical (unpaired) electrons. The lowest BCUT2D eigenvalue weighted by molar-refractivity contribution is 0.601. The van der Waals surface area contributed by atoms with Crippen LogP contribution in [0.2, 0.25) is 0 Å². The third kappa shape index (κ3) is 3.58. The zero-order chi connectivity index (χ0) is 13.7. The maximum absolute atomic E-state index is 4.25. The number of hydrogen-bond acceptors (Lipinski definition) is 4. The first kappa shape index (κ1) is 14.1. The molecule has 1 aromatic carbocycles. The van der Waals surface area contributed by atoms with Gasteiger partial charge in [0.05, 0.1) is 0 Å². The molecule has 1 unspecified atom stereocenters. The van der Waals surface area contributed by atoms with E-state index in [2.05, 4.69) is 53.5 Å². The van der Waals surface area contributed by atoms with E-state index in [4.69, 9.17) is 0 Å². The zero-order valence-corrected chi connectivity index (χ0v) is 12.4. The zero-order valence-electron chi connectivity index (χ0n) is 11.6. The number of nitrogens with zero attached hydrogens (tertiary/aromatic N) is 3. The number of thioether (sulfide) groups is 1. The van der Waals surface area contributed by atoms with Gasteiger partial charge in [-0.3, -0.25) is 0 Å². The molecule has 5 heteroatoms. The molecule has 102 valence electrons. The molecule has 0 fully saturated rings. The minimum atomic E-state index is 0.341. The van der Waals surface area contributed by atoms with Crippen LogP contribution in [0.4, 0.5) is 0 Å². The maximum atomic E-state index is 4.25. The van der Waals surface area contributed by atoms with Crippen molar-refractivity contribution < 1.29 is 0 Å². The lowest BCUT2D eigenvalue weighted by Crippen LogP contribution is -2.23. The Morgan fingerprint density at radius 2 is 2.16 bits per heavy atom. The van der Waals surface area contributed by atoms with Crippen molar-refractivity contribution in [1.29, 1.82) is 0 Å². The first-order chi connectivity index (χ1) is 9.22. The summed E-state index contributed by atoms with van der Waals surface area (Å²) in [5.41, 5.74) is 2.69. The molecule has 0 saturated carbocycles. The lowest BCUT2D eigenvalue weighted by Gasteiger charge is -2.19. The number of nitrogens with one attached hydrogen (secondary N) is 1. The van der Waals surface area contributed by atoms with Crippen LogP contribution < -0.4 is 5.32 Å². The molecule has 0 saturated heterocycles. The van der Waals surface area contributed by atoms with E-state index in [0.717, 1.165) is 17.5 Å². The van der Waals surface area contributed by atoms with Gasteiger partial charge in [0, 0.05) is 18.8 Å². The van der Waals surface area contributed by atoms with E-state index in [-0.39, 0.29) is 0 Å². The summed E-state index contributed by atoms with van der Waals surface area (Å²) in [6.45, 7) is 5.25. The van der Waals surface area contributed by atoms with E-state index in [0.29, 0.717) is 6.04 Å². The third-order valence-corrected chi connectivity index (χ3v) is 4.19. The van der Waals surface area contributed by atoms with Gasteiger partial charge in [-0.25, -0.2) is 9.67 Å². The van der Waals surface area contributed by atoms with Crippen LogP contribution in [0, 0.1) is 6.92 Å². The van der Waals surface area contributed by atoms with E-state index in [1.807, 2.05) is 11.7 Å². The van der Waals surface area contributed by atoms with E-state index in [9.17, 15) is 0 Å². The molecule has 0 amide bonds. The predicted octanol–water partition coefficient (Wildman–Crippen LogP) is 2.57.